The molecule has 0 saturated carbocycles. The van der Waals surface area contributed by atoms with E-state index in [1.54, 1.807) is 0 Å². The van der Waals surface area contributed by atoms with Crippen LogP contribution in [-0.4, -0.2) is 151 Å². The third kappa shape index (κ3) is 36.5. The second-order valence-electron chi connectivity index (χ2n) is 8.77. The van der Waals surface area contributed by atoms with Crippen LogP contribution in [0.5, 0.6) is 0 Å². The Hall–Kier alpha value is 0.507. The van der Waals surface area contributed by atoms with E-state index in [0.29, 0.717) is 132 Å². The van der Waals surface area contributed by atoms with Crippen molar-refractivity contribution in [3.05, 3.63) is 0 Å². The number of rotatable bonds is 33. The van der Waals surface area contributed by atoms with Gasteiger partial charge in [-0.2, -0.15) is 0 Å². The van der Waals surface area contributed by atoms with E-state index in [1.807, 2.05) is 0 Å². The van der Waals surface area contributed by atoms with Gasteiger partial charge in [-0.3, -0.25) is 0 Å². The summed E-state index contributed by atoms with van der Waals surface area (Å²) in [6, 6.07) is 0. The number of alkyl halides is 1. The molecule has 0 bridgehead atoms. The molecule has 13 heteroatoms. The van der Waals surface area contributed by atoms with Crippen molar-refractivity contribution in [3.63, 3.8) is 0 Å². The summed E-state index contributed by atoms with van der Waals surface area (Å²) < 4.78 is 61.1. The van der Waals surface area contributed by atoms with Crippen molar-refractivity contribution < 1.29 is 51.8 Å². The van der Waals surface area contributed by atoms with Gasteiger partial charge in [0.05, 0.1) is 139 Å². The first-order chi connectivity index (χ1) is 18.6. The first-order valence-corrected chi connectivity index (χ1v) is 18.5. The van der Waals surface area contributed by atoms with Crippen LogP contribution in [0.15, 0.2) is 0 Å². The van der Waals surface area contributed by atoms with E-state index in [1.165, 1.54) is 0 Å². The second kappa shape index (κ2) is 32.0. The molecule has 0 rings (SSSR count). The largest absolute Gasteiger partial charge is 0.415 e. The molecule has 0 heterocycles. The summed E-state index contributed by atoms with van der Waals surface area (Å²) in [7, 11) is -1.44. The van der Waals surface area contributed by atoms with Gasteiger partial charge in [-0.05, 0) is 19.6 Å². The number of hydrogen-bond acceptors (Lipinski definition) is 11. The predicted octanol–water partition coefficient (Wildman–Crippen LogP) is 2.44. The van der Waals surface area contributed by atoms with Crippen LogP contribution in [0.1, 0.15) is 0 Å². The van der Waals surface area contributed by atoms with Crippen LogP contribution < -0.4 is 0 Å². The average molecular weight is 685 g/mol. The molecular weight excluding hydrogens is 631 g/mol. The Morgan fingerprint density at radius 3 is 0.684 bits per heavy atom. The second-order valence-corrected chi connectivity index (χ2v) is 14.4. The third-order valence-corrected chi connectivity index (χ3v) is 5.84. The van der Waals surface area contributed by atoms with Crippen LogP contribution in [-0.2, 0) is 51.8 Å². The Kier molecular flexibility index (Phi) is 32.5. The van der Waals surface area contributed by atoms with Gasteiger partial charge in [-0.1, -0.05) is 22.6 Å². The van der Waals surface area contributed by atoms with Gasteiger partial charge in [0.25, 0.3) is 0 Å². The van der Waals surface area contributed by atoms with Crippen molar-refractivity contribution in [1.82, 2.24) is 0 Å². The van der Waals surface area contributed by atoms with E-state index in [0.717, 1.165) is 11.0 Å². The number of ether oxygens (including phenoxy) is 10. The lowest BCUT2D eigenvalue weighted by molar-refractivity contribution is -0.0265. The van der Waals surface area contributed by atoms with Crippen LogP contribution in [0.4, 0.5) is 0 Å². The summed E-state index contributed by atoms with van der Waals surface area (Å²) in [4.78, 5) is 0. The van der Waals surface area contributed by atoms with Crippen molar-refractivity contribution in [2.45, 2.75) is 19.6 Å². The summed E-state index contributed by atoms with van der Waals surface area (Å²) in [6.07, 6.45) is 0. The van der Waals surface area contributed by atoms with E-state index >= 15 is 0 Å². The molecule has 11 nitrogen and oxygen atoms in total. The van der Waals surface area contributed by atoms with Crippen molar-refractivity contribution >= 4 is 30.9 Å². The monoisotopic (exact) mass is 684 g/mol. The molecule has 0 spiro atoms. The molecule has 0 aliphatic carbocycles. The van der Waals surface area contributed by atoms with E-state index < -0.39 is 8.32 Å². The molecule has 0 saturated heterocycles. The summed E-state index contributed by atoms with van der Waals surface area (Å²) >= 11 is 2.28. The standard InChI is InChI=1S/C25H53IO11Si/c1-38(2,3)37-25-24-36-23-22-35-21-20-34-19-18-33-17-16-32-15-14-31-13-12-30-11-10-29-9-8-28-7-6-27-5-4-26/h4-25H2,1-3H3. The number of halogens is 1. The minimum Gasteiger partial charge on any atom is -0.415 e. The molecule has 0 aromatic heterocycles. The van der Waals surface area contributed by atoms with Crippen LogP contribution in [0.3, 0.4) is 0 Å². The fourth-order valence-corrected chi connectivity index (χ4v) is 3.55. The maximum Gasteiger partial charge on any atom is 0.183 e. The first-order valence-electron chi connectivity index (χ1n) is 13.5. The fraction of sp³-hybridized carbons (Fsp3) is 1.00. The highest BCUT2D eigenvalue weighted by molar-refractivity contribution is 14.1. The lowest BCUT2D eigenvalue weighted by Gasteiger charge is -2.16. The molecule has 0 atom stereocenters. The highest BCUT2D eigenvalue weighted by Crippen LogP contribution is 2.01. The Bertz CT molecular complexity index is 448. The first kappa shape index (κ1) is 38.5. The van der Waals surface area contributed by atoms with Gasteiger partial charge in [0.15, 0.2) is 8.32 Å². The smallest absolute Gasteiger partial charge is 0.183 e. The van der Waals surface area contributed by atoms with Gasteiger partial charge in [0.2, 0.25) is 0 Å². The number of hydrogen-bond donors (Lipinski definition) is 0. The highest BCUT2D eigenvalue weighted by atomic mass is 127. The van der Waals surface area contributed by atoms with Crippen LogP contribution in [0.2, 0.25) is 19.6 Å². The van der Waals surface area contributed by atoms with Crippen LogP contribution >= 0.6 is 22.6 Å². The van der Waals surface area contributed by atoms with Crippen molar-refractivity contribution in [1.29, 1.82) is 0 Å². The Labute approximate surface area is 245 Å². The van der Waals surface area contributed by atoms with Gasteiger partial charge >= 0.3 is 0 Å². The predicted molar refractivity (Wildman–Crippen MR) is 156 cm³/mol. The summed E-state index contributed by atoms with van der Waals surface area (Å²) in [6.45, 7) is 18.4. The molecule has 0 aromatic rings. The van der Waals surface area contributed by atoms with Gasteiger partial charge in [0.1, 0.15) is 0 Å². The van der Waals surface area contributed by atoms with Gasteiger partial charge in [0, 0.05) is 4.43 Å². The molecule has 0 fully saturated rings. The molecule has 0 radical (unpaired) electrons. The minimum absolute atomic E-state index is 0.526. The molecule has 38 heavy (non-hydrogen) atoms. The zero-order valence-electron chi connectivity index (χ0n) is 23.9. The summed E-state index contributed by atoms with van der Waals surface area (Å²) in [5, 5.41) is 0. The molecule has 0 unspecified atom stereocenters. The zero-order chi connectivity index (χ0) is 27.8. The Balaban J connectivity index is 3.04. The summed E-state index contributed by atoms with van der Waals surface area (Å²) in [5.74, 6) is 0. The average Bonchev–Trinajstić information content (AvgIpc) is 2.88. The molecule has 0 aliphatic heterocycles. The van der Waals surface area contributed by atoms with Crippen LogP contribution in [0, 0.1) is 0 Å². The molecule has 230 valence electrons. The lowest BCUT2D eigenvalue weighted by Crippen LogP contribution is -2.27. The van der Waals surface area contributed by atoms with E-state index in [9.17, 15) is 0 Å². The maximum atomic E-state index is 5.71. The van der Waals surface area contributed by atoms with Crippen molar-refractivity contribution in [2.24, 2.45) is 0 Å². The lowest BCUT2D eigenvalue weighted by atomic mass is 10.6. The van der Waals surface area contributed by atoms with E-state index in [-0.39, 0.29) is 0 Å². The van der Waals surface area contributed by atoms with E-state index in [2.05, 4.69) is 42.2 Å². The van der Waals surface area contributed by atoms with Crippen molar-refractivity contribution in [3.8, 4) is 0 Å². The quantitative estimate of drug-likeness (QED) is 0.0441. The van der Waals surface area contributed by atoms with Gasteiger partial charge < -0.3 is 51.8 Å². The SMILES string of the molecule is C[Si](C)(C)OCCOCCOCCOCCOCCOCCOCCOCCOCCOCCOCCI. The maximum absolute atomic E-state index is 5.71. The van der Waals surface area contributed by atoms with Crippen molar-refractivity contribution in [2.75, 3.05) is 143 Å². The van der Waals surface area contributed by atoms with E-state index in [4.69, 9.17) is 51.8 Å². The highest BCUT2D eigenvalue weighted by Gasteiger charge is 2.13. The minimum atomic E-state index is -1.44. The normalized spacial score (nSPS) is 12.0. The summed E-state index contributed by atoms with van der Waals surface area (Å²) in [5.41, 5.74) is 0. The molecule has 0 aliphatic rings. The Morgan fingerprint density at radius 2 is 0.500 bits per heavy atom. The van der Waals surface area contributed by atoms with Crippen LogP contribution in [0.25, 0.3) is 0 Å². The van der Waals surface area contributed by atoms with Gasteiger partial charge in [-0.25, -0.2) is 0 Å². The molecular formula is C25H53IO11Si. The van der Waals surface area contributed by atoms with Gasteiger partial charge in [-0.15, -0.1) is 0 Å². The fourth-order valence-electron chi connectivity index (χ4n) is 2.54. The molecule has 0 amide bonds. The topological polar surface area (TPSA) is 102 Å². The molecule has 0 aromatic carbocycles. The molecule has 0 N–H and O–H groups in total. The Morgan fingerprint density at radius 1 is 0.316 bits per heavy atom. The third-order valence-electron chi connectivity index (χ3n) is 4.33. The zero-order valence-corrected chi connectivity index (χ0v) is 27.1.